The number of aliphatic hydroxyl groups excluding tert-OH is 1. The Balaban J connectivity index is 1.87. The number of allylic oxidation sites excluding steroid dienone is 3. The van der Waals surface area contributed by atoms with Gasteiger partial charge in [0, 0.05) is 18.9 Å². The Labute approximate surface area is 137 Å². The first-order valence-electron chi connectivity index (χ1n) is 7.98. The number of aliphatic hydroxyl groups is 1. The van der Waals surface area contributed by atoms with E-state index in [4.69, 9.17) is 4.74 Å². The number of carbonyl (C=O) groups excluding carboxylic acids is 1. The van der Waals surface area contributed by atoms with Crippen LogP contribution in [0.2, 0.25) is 0 Å². The van der Waals surface area contributed by atoms with Crippen LogP contribution < -0.4 is 4.74 Å². The Hall–Kier alpha value is -2.07. The van der Waals surface area contributed by atoms with Crippen molar-refractivity contribution in [1.29, 1.82) is 0 Å². The minimum absolute atomic E-state index is 0.0725. The van der Waals surface area contributed by atoms with Gasteiger partial charge in [-0.25, -0.2) is 0 Å². The molecule has 0 bridgehead atoms. The Morgan fingerprint density at radius 3 is 3.00 bits per heavy atom. The summed E-state index contributed by atoms with van der Waals surface area (Å²) < 4.78 is 5.06. The van der Waals surface area contributed by atoms with E-state index in [1.165, 1.54) is 7.11 Å². The highest BCUT2D eigenvalue weighted by Crippen LogP contribution is 2.27. The smallest absolute Gasteiger partial charge is 0.160 e. The highest BCUT2D eigenvalue weighted by molar-refractivity contribution is 5.89. The van der Waals surface area contributed by atoms with Crippen LogP contribution in [0.5, 0.6) is 11.5 Å². The Bertz CT molecular complexity index is 589. The van der Waals surface area contributed by atoms with Gasteiger partial charge in [-0.05, 0) is 49.0 Å². The van der Waals surface area contributed by atoms with Gasteiger partial charge in [0.25, 0.3) is 0 Å². The van der Waals surface area contributed by atoms with E-state index in [9.17, 15) is 15.0 Å². The highest BCUT2D eigenvalue weighted by atomic mass is 16.5. The second kappa shape index (κ2) is 8.53. The van der Waals surface area contributed by atoms with Crippen LogP contribution in [0, 0.1) is 11.8 Å². The topological polar surface area (TPSA) is 66.8 Å². The molecule has 0 aliphatic heterocycles. The van der Waals surface area contributed by atoms with Gasteiger partial charge in [0.05, 0.1) is 7.11 Å². The molecule has 0 saturated heterocycles. The molecule has 23 heavy (non-hydrogen) atoms. The predicted molar refractivity (Wildman–Crippen MR) is 89.6 cm³/mol. The molecule has 0 spiro atoms. The van der Waals surface area contributed by atoms with Gasteiger partial charge < -0.3 is 14.9 Å². The summed E-state index contributed by atoms with van der Waals surface area (Å²) in [6.07, 6.45) is 10.7. The van der Waals surface area contributed by atoms with Crippen LogP contribution in [0.3, 0.4) is 0 Å². The number of ketones is 1. The third kappa shape index (κ3) is 4.96. The van der Waals surface area contributed by atoms with Gasteiger partial charge in [-0.15, -0.1) is 0 Å². The van der Waals surface area contributed by atoms with E-state index in [0.29, 0.717) is 18.6 Å². The summed E-state index contributed by atoms with van der Waals surface area (Å²) in [4.78, 5) is 12.0. The fraction of sp³-hybridized carbons (Fsp3) is 0.421. The summed E-state index contributed by atoms with van der Waals surface area (Å²) in [6.45, 7) is 0.118. The summed E-state index contributed by atoms with van der Waals surface area (Å²) in [6, 6.07) is 5.12. The van der Waals surface area contributed by atoms with Crippen LogP contribution in [0.1, 0.15) is 24.8 Å². The van der Waals surface area contributed by atoms with Gasteiger partial charge in [0.15, 0.2) is 17.3 Å². The lowest BCUT2D eigenvalue weighted by Crippen LogP contribution is -2.17. The molecule has 0 fully saturated rings. The summed E-state index contributed by atoms with van der Waals surface area (Å²) in [5, 5.41) is 18.9. The first-order valence-corrected chi connectivity index (χ1v) is 7.98. The molecule has 4 heteroatoms. The first kappa shape index (κ1) is 17.3. The first-order chi connectivity index (χ1) is 11.1. The van der Waals surface area contributed by atoms with Crippen molar-refractivity contribution in [2.24, 2.45) is 11.8 Å². The van der Waals surface area contributed by atoms with Gasteiger partial charge in [-0.3, -0.25) is 4.79 Å². The van der Waals surface area contributed by atoms with Crippen molar-refractivity contribution in [1.82, 2.24) is 0 Å². The van der Waals surface area contributed by atoms with Crippen molar-refractivity contribution in [2.45, 2.75) is 25.7 Å². The minimum atomic E-state index is 0.0725. The maximum absolute atomic E-state index is 12.0. The second-order valence-corrected chi connectivity index (χ2v) is 5.85. The minimum Gasteiger partial charge on any atom is -0.504 e. The van der Waals surface area contributed by atoms with Crippen molar-refractivity contribution in [3.8, 4) is 11.5 Å². The molecule has 4 nitrogen and oxygen atoms in total. The number of phenolic OH excluding ortho intramolecular Hbond substituents is 1. The largest absolute Gasteiger partial charge is 0.504 e. The molecule has 2 unspecified atom stereocenters. The number of methoxy groups -OCH3 is 1. The lowest BCUT2D eigenvalue weighted by atomic mass is 9.84. The van der Waals surface area contributed by atoms with Crippen molar-refractivity contribution in [3.05, 3.63) is 48.1 Å². The lowest BCUT2D eigenvalue weighted by Gasteiger charge is -2.22. The molecule has 1 aromatic rings. The number of benzene rings is 1. The fourth-order valence-corrected chi connectivity index (χ4v) is 2.81. The maximum atomic E-state index is 12.0. The molecule has 1 aliphatic carbocycles. The SMILES string of the molecule is COc1cc(CCC(=O)C=CC2CCC=CC2CO)ccc1O. The van der Waals surface area contributed by atoms with Crippen molar-refractivity contribution < 1.29 is 19.7 Å². The molecule has 124 valence electrons. The molecular weight excluding hydrogens is 292 g/mol. The third-order valence-electron chi connectivity index (χ3n) is 4.24. The highest BCUT2D eigenvalue weighted by Gasteiger charge is 2.18. The maximum Gasteiger partial charge on any atom is 0.160 e. The number of hydrogen-bond acceptors (Lipinski definition) is 4. The van der Waals surface area contributed by atoms with Gasteiger partial charge in [0.2, 0.25) is 0 Å². The summed E-state index contributed by atoms with van der Waals surface area (Å²) in [7, 11) is 1.50. The van der Waals surface area contributed by atoms with Crippen LogP contribution >= 0.6 is 0 Å². The molecule has 2 atom stereocenters. The van der Waals surface area contributed by atoms with Crippen LogP contribution in [-0.4, -0.2) is 29.7 Å². The molecular formula is C19H24O4. The van der Waals surface area contributed by atoms with Crippen LogP contribution in [0.15, 0.2) is 42.5 Å². The van der Waals surface area contributed by atoms with Gasteiger partial charge in [0.1, 0.15) is 0 Å². The molecule has 0 aromatic heterocycles. The average Bonchev–Trinajstić information content (AvgIpc) is 2.59. The quantitative estimate of drug-likeness (QED) is 0.599. The predicted octanol–water partition coefficient (Wildman–Crippen LogP) is 3.03. The fourth-order valence-electron chi connectivity index (χ4n) is 2.81. The van der Waals surface area contributed by atoms with E-state index in [0.717, 1.165) is 18.4 Å². The number of hydrogen-bond donors (Lipinski definition) is 2. The molecule has 0 heterocycles. The number of ether oxygens (including phenoxy) is 1. The monoisotopic (exact) mass is 316 g/mol. The van der Waals surface area contributed by atoms with Crippen molar-refractivity contribution in [3.63, 3.8) is 0 Å². The van der Waals surface area contributed by atoms with E-state index in [1.54, 1.807) is 24.3 Å². The van der Waals surface area contributed by atoms with E-state index >= 15 is 0 Å². The normalized spacial score (nSPS) is 20.8. The molecule has 1 aliphatic rings. The third-order valence-corrected chi connectivity index (χ3v) is 4.24. The summed E-state index contributed by atoms with van der Waals surface area (Å²) in [5.41, 5.74) is 0.954. The Kier molecular flexibility index (Phi) is 6.41. The summed E-state index contributed by atoms with van der Waals surface area (Å²) >= 11 is 0. The van der Waals surface area contributed by atoms with Crippen molar-refractivity contribution >= 4 is 5.78 Å². The molecule has 2 rings (SSSR count). The van der Waals surface area contributed by atoms with Crippen LogP contribution in [-0.2, 0) is 11.2 Å². The van der Waals surface area contributed by atoms with E-state index in [1.807, 2.05) is 12.2 Å². The number of aromatic hydroxyl groups is 1. The zero-order valence-electron chi connectivity index (χ0n) is 13.4. The molecule has 2 N–H and O–H groups in total. The molecule has 0 saturated carbocycles. The van der Waals surface area contributed by atoms with Gasteiger partial charge in [-0.1, -0.05) is 24.3 Å². The molecule has 0 amide bonds. The zero-order chi connectivity index (χ0) is 16.7. The Morgan fingerprint density at radius 1 is 1.43 bits per heavy atom. The zero-order valence-corrected chi connectivity index (χ0v) is 13.4. The number of aryl methyl sites for hydroxylation is 1. The van der Waals surface area contributed by atoms with E-state index in [-0.39, 0.29) is 30.0 Å². The standard InChI is InChI=1S/C19H24O4/c1-23-19-12-14(7-11-18(19)22)6-9-17(21)10-8-15-4-2-3-5-16(15)13-20/h3,5,7-8,10-12,15-16,20,22H,2,4,6,9,13H2,1H3. The van der Waals surface area contributed by atoms with E-state index < -0.39 is 0 Å². The van der Waals surface area contributed by atoms with Crippen molar-refractivity contribution in [2.75, 3.05) is 13.7 Å². The van der Waals surface area contributed by atoms with Crippen LogP contribution in [0.4, 0.5) is 0 Å². The van der Waals surface area contributed by atoms with Crippen LogP contribution in [0.25, 0.3) is 0 Å². The Morgan fingerprint density at radius 2 is 2.26 bits per heavy atom. The lowest BCUT2D eigenvalue weighted by molar-refractivity contribution is -0.114. The number of carbonyl (C=O) groups is 1. The van der Waals surface area contributed by atoms with Gasteiger partial charge in [-0.2, -0.15) is 0 Å². The molecule has 1 aromatic carbocycles. The summed E-state index contributed by atoms with van der Waals surface area (Å²) in [5.74, 6) is 0.952. The van der Waals surface area contributed by atoms with E-state index in [2.05, 4.69) is 6.08 Å². The number of rotatable bonds is 7. The second-order valence-electron chi connectivity index (χ2n) is 5.85. The molecule has 0 radical (unpaired) electrons. The number of phenols is 1. The average molecular weight is 316 g/mol. The van der Waals surface area contributed by atoms with Gasteiger partial charge >= 0.3 is 0 Å².